The second-order valence-electron chi connectivity index (χ2n) is 3.42. The van der Waals surface area contributed by atoms with Gasteiger partial charge >= 0.3 is 0 Å². The summed E-state index contributed by atoms with van der Waals surface area (Å²) in [6, 6.07) is 0. The summed E-state index contributed by atoms with van der Waals surface area (Å²) in [5, 5.41) is 9.80. The maximum atomic E-state index is 11.7. The quantitative estimate of drug-likeness (QED) is 0.752. The molecule has 0 bridgehead atoms. The first-order chi connectivity index (χ1) is 7.74. The van der Waals surface area contributed by atoms with E-state index in [0.717, 1.165) is 0 Å². The van der Waals surface area contributed by atoms with Gasteiger partial charge in [0.15, 0.2) is 5.70 Å². The summed E-state index contributed by atoms with van der Waals surface area (Å²) < 4.78 is 0. The summed E-state index contributed by atoms with van der Waals surface area (Å²) in [5.74, 6) is -1.08. The van der Waals surface area contributed by atoms with Crippen LogP contribution in [0, 0.1) is 5.92 Å². The summed E-state index contributed by atoms with van der Waals surface area (Å²) >= 11 is 0. The molecule has 1 N–H and O–H groups in total. The van der Waals surface area contributed by atoms with Gasteiger partial charge in [-0.1, -0.05) is 24.3 Å². The average molecular weight is 217 g/mol. The van der Waals surface area contributed by atoms with Gasteiger partial charge in [-0.05, 0) is 6.92 Å². The molecular weight excluding hydrogens is 206 g/mol. The molecule has 1 unspecified atom stereocenters. The van der Waals surface area contributed by atoms with Crippen LogP contribution in [0.25, 0.3) is 0 Å². The lowest BCUT2D eigenvalue weighted by molar-refractivity contribution is -0.120. The van der Waals surface area contributed by atoms with Gasteiger partial charge in [0.1, 0.15) is 0 Å². The van der Waals surface area contributed by atoms with Gasteiger partial charge in [0.05, 0.1) is 5.92 Å². The Hall–Kier alpha value is -2.04. The van der Waals surface area contributed by atoms with Gasteiger partial charge in [0, 0.05) is 12.1 Å². The van der Waals surface area contributed by atoms with Crippen LogP contribution < -0.4 is 5.32 Å². The molecule has 2 rings (SSSR count). The number of amides is 2. The third-order valence-electron chi connectivity index (χ3n) is 2.37. The van der Waals surface area contributed by atoms with Crippen molar-refractivity contribution in [1.82, 2.24) is 5.32 Å². The molecule has 0 radical (unpaired) electrons. The van der Waals surface area contributed by atoms with Crippen molar-refractivity contribution in [1.29, 1.82) is 0 Å². The van der Waals surface area contributed by atoms with E-state index in [0.29, 0.717) is 12.1 Å². The molecule has 16 heavy (non-hydrogen) atoms. The monoisotopic (exact) mass is 217 g/mol. The van der Waals surface area contributed by atoms with E-state index in [1.807, 2.05) is 6.92 Å². The Bertz CT molecular complexity index is 458. The predicted molar refractivity (Wildman–Crippen MR) is 57.3 cm³/mol. The van der Waals surface area contributed by atoms with Crippen molar-refractivity contribution in [3.05, 3.63) is 35.6 Å². The number of nitrogens with one attached hydrogen (secondary N) is 1. The smallest absolute Gasteiger partial charge is 0.276 e. The molecule has 1 heterocycles. The number of carbonyl (C=O) groups excluding carboxylic acids is 2. The van der Waals surface area contributed by atoms with E-state index in [4.69, 9.17) is 0 Å². The molecule has 0 fully saturated rings. The lowest BCUT2D eigenvalue weighted by Gasteiger charge is -2.18. The fraction of sp³-hybridized carbons (Fsp3) is 0.273. The van der Waals surface area contributed by atoms with E-state index in [-0.39, 0.29) is 17.5 Å². The van der Waals surface area contributed by atoms with Gasteiger partial charge in [-0.15, -0.1) is 10.2 Å². The molecule has 82 valence electrons. The minimum atomic E-state index is -0.458. The second-order valence-corrected chi connectivity index (χ2v) is 3.42. The van der Waals surface area contributed by atoms with Crippen molar-refractivity contribution in [3.63, 3.8) is 0 Å². The highest BCUT2D eigenvalue weighted by Crippen LogP contribution is 2.28. The Kier molecular flexibility index (Phi) is 2.76. The van der Waals surface area contributed by atoms with Crippen LogP contribution in [0.2, 0.25) is 0 Å². The number of carbonyl (C=O) groups is 2. The zero-order valence-corrected chi connectivity index (χ0v) is 8.80. The molecule has 0 saturated heterocycles. The van der Waals surface area contributed by atoms with Gasteiger partial charge in [-0.3, -0.25) is 9.59 Å². The van der Waals surface area contributed by atoms with Crippen LogP contribution in [0.15, 0.2) is 45.8 Å². The Morgan fingerprint density at radius 2 is 2.25 bits per heavy atom. The highest BCUT2D eigenvalue weighted by Gasteiger charge is 2.29. The Morgan fingerprint density at radius 3 is 3.00 bits per heavy atom. The number of fused-ring (bicyclic) bond motifs is 1. The summed E-state index contributed by atoms with van der Waals surface area (Å²) in [4.78, 5) is 23.1. The van der Waals surface area contributed by atoms with E-state index in [1.165, 1.54) is 0 Å². The molecule has 1 aliphatic heterocycles. The largest absolute Gasteiger partial charge is 0.351 e. The number of hydrogen-bond acceptors (Lipinski definition) is 3. The Labute approximate surface area is 92.6 Å². The zero-order chi connectivity index (χ0) is 11.5. The lowest BCUT2D eigenvalue weighted by Crippen LogP contribution is -2.28. The van der Waals surface area contributed by atoms with E-state index in [1.54, 1.807) is 24.3 Å². The molecule has 2 amide bonds. The minimum Gasteiger partial charge on any atom is -0.351 e. The van der Waals surface area contributed by atoms with Crippen molar-refractivity contribution in [2.75, 3.05) is 6.54 Å². The third-order valence-corrected chi connectivity index (χ3v) is 2.37. The molecule has 0 spiro atoms. The first-order valence-corrected chi connectivity index (χ1v) is 5.07. The number of allylic oxidation sites excluding steroid dienone is 3. The Balaban J connectivity index is 2.39. The summed E-state index contributed by atoms with van der Waals surface area (Å²) in [6.07, 6.45) is 6.99. The minimum absolute atomic E-state index is 0.229. The normalized spacial score (nSPS) is 22.3. The van der Waals surface area contributed by atoms with Crippen LogP contribution in [0.4, 0.5) is 0 Å². The topological polar surface area (TPSA) is 70.9 Å². The number of hydrogen-bond donors (Lipinski definition) is 1. The fourth-order valence-electron chi connectivity index (χ4n) is 1.62. The standard InChI is InChI=1S/C11H11N3O2/c1-2-12-11(16)9-7-5-3-4-6-8(7)10(15)14-13-9/h3-6,8H,2H2,1H3,(H,12,16). The van der Waals surface area contributed by atoms with Crippen LogP contribution in [-0.4, -0.2) is 18.4 Å². The van der Waals surface area contributed by atoms with Crippen molar-refractivity contribution in [3.8, 4) is 0 Å². The van der Waals surface area contributed by atoms with Gasteiger partial charge in [0.2, 0.25) is 0 Å². The van der Waals surface area contributed by atoms with Gasteiger partial charge < -0.3 is 5.32 Å². The Morgan fingerprint density at radius 1 is 1.44 bits per heavy atom. The number of likely N-dealkylation sites (N-methyl/N-ethyl adjacent to an activating group) is 1. The van der Waals surface area contributed by atoms with Crippen LogP contribution in [0.3, 0.4) is 0 Å². The molecule has 0 aromatic rings. The van der Waals surface area contributed by atoms with E-state index in [2.05, 4.69) is 15.5 Å². The van der Waals surface area contributed by atoms with Crippen LogP contribution in [0.5, 0.6) is 0 Å². The maximum Gasteiger partial charge on any atom is 0.276 e. The number of azo groups is 1. The van der Waals surface area contributed by atoms with E-state index >= 15 is 0 Å². The van der Waals surface area contributed by atoms with Gasteiger partial charge in [0.25, 0.3) is 11.8 Å². The van der Waals surface area contributed by atoms with Gasteiger partial charge in [-0.2, -0.15) is 0 Å². The number of nitrogens with zero attached hydrogens (tertiary/aromatic N) is 2. The van der Waals surface area contributed by atoms with Crippen LogP contribution >= 0.6 is 0 Å². The molecule has 2 aliphatic rings. The highest BCUT2D eigenvalue weighted by molar-refractivity contribution is 5.98. The SMILES string of the molecule is CCNC(=O)C1=C2C=CC=CC2C(=O)N=N1. The molecule has 0 aromatic carbocycles. The zero-order valence-electron chi connectivity index (χ0n) is 8.80. The maximum absolute atomic E-state index is 11.7. The van der Waals surface area contributed by atoms with Crippen LogP contribution in [-0.2, 0) is 9.59 Å². The van der Waals surface area contributed by atoms with Crippen molar-refractivity contribution in [2.45, 2.75) is 6.92 Å². The van der Waals surface area contributed by atoms with Crippen molar-refractivity contribution >= 4 is 11.8 Å². The van der Waals surface area contributed by atoms with Crippen molar-refractivity contribution in [2.24, 2.45) is 16.1 Å². The first kappa shape index (κ1) is 10.5. The van der Waals surface area contributed by atoms with E-state index in [9.17, 15) is 9.59 Å². The highest BCUT2D eigenvalue weighted by atomic mass is 16.2. The first-order valence-electron chi connectivity index (χ1n) is 5.07. The molecular formula is C11H11N3O2. The summed E-state index contributed by atoms with van der Waals surface area (Å²) in [7, 11) is 0. The molecule has 1 atom stereocenters. The molecule has 5 heteroatoms. The van der Waals surface area contributed by atoms with Crippen molar-refractivity contribution < 1.29 is 9.59 Å². The summed E-state index contributed by atoms with van der Waals surface area (Å²) in [6.45, 7) is 2.34. The molecule has 0 aromatic heterocycles. The second kappa shape index (κ2) is 4.22. The summed E-state index contributed by atoms with van der Waals surface area (Å²) in [5.41, 5.74) is 0.848. The molecule has 5 nitrogen and oxygen atoms in total. The van der Waals surface area contributed by atoms with E-state index < -0.39 is 5.92 Å². The van der Waals surface area contributed by atoms with Gasteiger partial charge in [-0.25, -0.2) is 0 Å². The molecule has 0 saturated carbocycles. The molecule has 1 aliphatic carbocycles. The predicted octanol–water partition coefficient (Wildman–Crippen LogP) is 1.11. The number of rotatable bonds is 2. The third kappa shape index (κ3) is 1.71. The average Bonchev–Trinajstić information content (AvgIpc) is 2.30. The fourth-order valence-corrected chi connectivity index (χ4v) is 1.62. The lowest BCUT2D eigenvalue weighted by atomic mass is 9.91. The van der Waals surface area contributed by atoms with Crippen LogP contribution in [0.1, 0.15) is 6.92 Å².